The summed E-state index contributed by atoms with van der Waals surface area (Å²) in [6.45, 7) is 9.50. The summed E-state index contributed by atoms with van der Waals surface area (Å²) in [6.07, 6.45) is 0. The Kier molecular flexibility index (Phi) is 18.6. The largest absolute Gasteiger partial charge is 2.00 e. The molecule has 0 bridgehead atoms. The molecule has 2 radical (unpaired) electrons. The van der Waals surface area contributed by atoms with Crippen molar-refractivity contribution in [1.82, 2.24) is 0 Å². The van der Waals surface area contributed by atoms with Crippen molar-refractivity contribution in [2.45, 2.75) is 0 Å². The zero-order valence-corrected chi connectivity index (χ0v) is 11.0. The van der Waals surface area contributed by atoms with E-state index in [1.165, 1.54) is 0 Å². The zero-order chi connectivity index (χ0) is 12.2. The van der Waals surface area contributed by atoms with Crippen LogP contribution in [0.15, 0.2) is 48.5 Å². The molecule has 0 atom stereocenters. The quantitative estimate of drug-likeness (QED) is 0.595. The van der Waals surface area contributed by atoms with E-state index in [1.54, 1.807) is 0 Å². The van der Waals surface area contributed by atoms with Crippen LogP contribution in [0.4, 0.5) is 0 Å². The summed E-state index contributed by atoms with van der Waals surface area (Å²) in [5.41, 5.74) is 2.19. The van der Waals surface area contributed by atoms with Gasteiger partial charge in [-0.25, -0.2) is 11.1 Å². The molecule has 0 heterocycles. The zero-order valence-electron chi connectivity index (χ0n) is 9.12. The fraction of sp³-hybridized carbons (Fsp3) is 0. The standard InChI is InChI=1S/C12H8.2CN.2Cu/c1-3-7-11(8-4-1)12-9-5-2-6-10-12;2*1-2;;/h1-7,9H;;;;/q-2;2*-1;2*+2. The van der Waals surface area contributed by atoms with Crippen LogP contribution >= 0.6 is 0 Å². The van der Waals surface area contributed by atoms with Crippen LogP contribution in [-0.2, 0) is 34.1 Å². The van der Waals surface area contributed by atoms with Gasteiger partial charge in [0.25, 0.3) is 0 Å². The topological polar surface area (TPSA) is 47.6 Å². The van der Waals surface area contributed by atoms with Gasteiger partial charge in [0.05, 0.1) is 0 Å². The van der Waals surface area contributed by atoms with Crippen molar-refractivity contribution in [3.05, 3.63) is 73.8 Å². The van der Waals surface area contributed by atoms with Gasteiger partial charge in [-0.15, -0.1) is 12.1 Å². The Bertz CT molecular complexity index is 381. The van der Waals surface area contributed by atoms with Crippen LogP contribution in [0.1, 0.15) is 0 Å². The van der Waals surface area contributed by atoms with Crippen LogP contribution < -0.4 is 0 Å². The molecule has 4 heteroatoms. The maximum atomic E-state index is 6.25. The van der Waals surface area contributed by atoms with E-state index < -0.39 is 0 Å². The van der Waals surface area contributed by atoms with Gasteiger partial charge in [-0.1, -0.05) is 0 Å². The molecule has 2 nitrogen and oxygen atoms in total. The Balaban J connectivity index is -0.000000344. The number of hydrogen-bond acceptors (Lipinski definition) is 2. The maximum Gasteiger partial charge on any atom is 2.00 e. The molecule has 0 saturated carbocycles. The smallest absolute Gasteiger partial charge is 0.512 e. The van der Waals surface area contributed by atoms with Gasteiger partial charge in [-0.05, 0) is 0 Å². The molecule has 0 spiro atoms. The molecule has 96 valence electrons. The second-order valence-electron chi connectivity index (χ2n) is 2.55. The molecule has 0 amide bonds. The average Bonchev–Trinajstić information content (AvgIpc) is 2.45. The van der Waals surface area contributed by atoms with Crippen LogP contribution in [0.3, 0.4) is 0 Å². The normalized spacial score (nSPS) is 6.67. The SMILES string of the molecule is [C-]#N.[C-]#N.[Cu+2].[Cu+2].[c-]1ccccc1-c1[c-]cccc1. The molecule has 0 aliphatic rings. The van der Waals surface area contributed by atoms with Crippen molar-refractivity contribution in [2.24, 2.45) is 0 Å². The van der Waals surface area contributed by atoms with Gasteiger partial charge in [0, 0.05) is 0 Å². The molecule has 0 saturated heterocycles. The predicted octanol–water partition coefficient (Wildman–Crippen LogP) is 3.14. The second kappa shape index (κ2) is 15.5. The van der Waals surface area contributed by atoms with Crippen molar-refractivity contribution in [1.29, 1.82) is 10.5 Å². The third-order valence-electron chi connectivity index (χ3n) is 1.71. The van der Waals surface area contributed by atoms with Crippen molar-refractivity contribution in [2.75, 3.05) is 0 Å². The first-order valence-corrected chi connectivity index (χ1v) is 4.35. The number of hydrogen-bond donors (Lipinski definition) is 0. The Labute approximate surface area is 129 Å². The van der Waals surface area contributed by atoms with E-state index in [9.17, 15) is 0 Å². The summed E-state index contributed by atoms with van der Waals surface area (Å²) < 4.78 is 0. The van der Waals surface area contributed by atoms with Crippen molar-refractivity contribution < 1.29 is 34.1 Å². The van der Waals surface area contributed by atoms with Gasteiger partial charge < -0.3 is 23.7 Å². The molecular weight excluding hydrogens is 323 g/mol. The van der Waals surface area contributed by atoms with Gasteiger partial charge >= 0.3 is 34.1 Å². The van der Waals surface area contributed by atoms with E-state index in [4.69, 9.17) is 23.7 Å². The minimum atomic E-state index is 0. The summed E-state index contributed by atoms with van der Waals surface area (Å²) >= 11 is 0. The molecule has 0 aliphatic heterocycles. The maximum absolute atomic E-state index is 6.25. The van der Waals surface area contributed by atoms with Gasteiger partial charge in [0.1, 0.15) is 0 Å². The van der Waals surface area contributed by atoms with E-state index in [0.717, 1.165) is 11.1 Å². The van der Waals surface area contributed by atoms with Crippen molar-refractivity contribution in [3.8, 4) is 11.1 Å². The first-order valence-electron chi connectivity index (χ1n) is 4.35. The predicted molar refractivity (Wildman–Crippen MR) is 59.5 cm³/mol. The van der Waals surface area contributed by atoms with Gasteiger partial charge in [0.2, 0.25) is 0 Å². The van der Waals surface area contributed by atoms with Crippen LogP contribution in [0, 0.1) is 35.8 Å². The van der Waals surface area contributed by atoms with E-state index in [1.807, 2.05) is 48.5 Å². The summed E-state index contributed by atoms with van der Waals surface area (Å²) in [5.74, 6) is 0. The Morgan fingerprint density at radius 1 is 0.667 bits per heavy atom. The average molecular weight is 331 g/mol. The monoisotopic (exact) mass is 330 g/mol. The van der Waals surface area contributed by atoms with Crippen LogP contribution in [0.2, 0.25) is 0 Å². The molecule has 0 aromatic heterocycles. The summed E-state index contributed by atoms with van der Waals surface area (Å²) in [4.78, 5) is 0. The fourth-order valence-corrected chi connectivity index (χ4v) is 1.12. The Morgan fingerprint density at radius 2 is 1.00 bits per heavy atom. The van der Waals surface area contributed by atoms with Crippen molar-refractivity contribution in [3.63, 3.8) is 0 Å². The fourth-order valence-electron chi connectivity index (χ4n) is 1.12. The van der Waals surface area contributed by atoms with Crippen LogP contribution in [-0.4, -0.2) is 0 Å². The molecule has 2 rings (SSSR count). The number of rotatable bonds is 1. The summed E-state index contributed by atoms with van der Waals surface area (Å²) in [7, 11) is 0. The molecule has 0 fully saturated rings. The van der Waals surface area contributed by atoms with Gasteiger partial charge in [-0.2, -0.15) is 48.5 Å². The molecule has 18 heavy (non-hydrogen) atoms. The number of benzene rings is 2. The first-order chi connectivity index (χ1) is 7.97. The van der Waals surface area contributed by atoms with E-state index in [-0.39, 0.29) is 34.1 Å². The van der Waals surface area contributed by atoms with Gasteiger partial charge in [-0.3, -0.25) is 0 Å². The molecule has 0 aliphatic carbocycles. The minimum Gasteiger partial charge on any atom is -0.512 e. The summed E-state index contributed by atoms with van der Waals surface area (Å²) in [6, 6.07) is 22.1. The van der Waals surface area contributed by atoms with Gasteiger partial charge in [0.15, 0.2) is 0 Å². The van der Waals surface area contributed by atoms with E-state index in [2.05, 4.69) is 12.1 Å². The number of nitrogens with zero attached hydrogens (tertiary/aromatic N) is 2. The Morgan fingerprint density at radius 3 is 1.22 bits per heavy atom. The third-order valence-corrected chi connectivity index (χ3v) is 1.71. The summed E-state index contributed by atoms with van der Waals surface area (Å²) in [5, 5.41) is 12.5. The molecule has 0 N–H and O–H groups in total. The van der Waals surface area contributed by atoms with E-state index >= 15 is 0 Å². The molecule has 2 aromatic rings. The van der Waals surface area contributed by atoms with Crippen LogP contribution in [0.25, 0.3) is 11.1 Å². The molecule has 0 unspecified atom stereocenters. The van der Waals surface area contributed by atoms with Crippen LogP contribution in [0.5, 0.6) is 0 Å². The molecular formula is C14H8Cu2N2. The van der Waals surface area contributed by atoms with Crippen molar-refractivity contribution >= 4 is 0 Å². The Hall–Kier alpha value is -1.54. The minimum absolute atomic E-state index is 0. The molecule has 2 aromatic carbocycles. The first kappa shape index (κ1) is 21.7. The second-order valence-corrected chi connectivity index (χ2v) is 2.55. The van der Waals surface area contributed by atoms with E-state index in [0.29, 0.717) is 0 Å². The third kappa shape index (κ3) is 7.69.